The molecule has 132 valence electrons. The first-order chi connectivity index (χ1) is 11.7. The highest BCUT2D eigenvalue weighted by atomic mass is 16.5. The number of aryl methyl sites for hydroxylation is 1. The van der Waals surface area contributed by atoms with E-state index in [1.54, 1.807) is 7.11 Å². The maximum atomic E-state index is 5.20. The van der Waals surface area contributed by atoms with E-state index in [0.29, 0.717) is 5.41 Å². The topological polar surface area (TPSA) is 36.9 Å². The highest BCUT2D eigenvalue weighted by Gasteiger charge is 2.40. The van der Waals surface area contributed by atoms with Gasteiger partial charge in [0.15, 0.2) is 5.96 Å². The third-order valence-electron chi connectivity index (χ3n) is 5.70. The molecule has 4 nitrogen and oxygen atoms in total. The minimum atomic E-state index is 0.598. The Morgan fingerprint density at radius 3 is 2.62 bits per heavy atom. The van der Waals surface area contributed by atoms with Gasteiger partial charge in [-0.15, -0.1) is 0 Å². The molecule has 0 atom stereocenters. The standard InChI is InChI=1S/C20H31N3O/c1-21-19(23-15-13-20(16-23)11-3-4-12-20)22-14-5-6-17-7-9-18(24-2)10-8-17/h7-10H,3-6,11-16H2,1-2H3,(H,21,22). The lowest BCUT2D eigenvalue weighted by atomic mass is 9.86. The molecule has 1 aromatic rings. The van der Waals surface area contributed by atoms with E-state index in [4.69, 9.17) is 4.74 Å². The molecule has 1 heterocycles. The van der Waals surface area contributed by atoms with Crippen molar-refractivity contribution >= 4 is 5.96 Å². The Hall–Kier alpha value is -1.71. The van der Waals surface area contributed by atoms with Crippen molar-refractivity contribution in [2.75, 3.05) is 33.8 Å². The van der Waals surface area contributed by atoms with Gasteiger partial charge >= 0.3 is 0 Å². The van der Waals surface area contributed by atoms with E-state index in [0.717, 1.165) is 37.6 Å². The molecule has 1 saturated carbocycles. The van der Waals surface area contributed by atoms with Crippen molar-refractivity contribution in [2.45, 2.75) is 44.9 Å². The van der Waals surface area contributed by atoms with Crippen LogP contribution in [-0.4, -0.2) is 44.7 Å². The Morgan fingerprint density at radius 1 is 1.21 bits per heavy atom. The second kappa shape index (κ2) is 7.91. The molecule has 1 spiro atoms. The van der Waals surface area contributed by atoms with Crippen LogP contribution in [0.1, 0.15) is 44.1 Å². The maximum Gasteiger partial charge on any atom is 0.193 e. The summed E-state index contributed by atoms with van der Waals surface area (Å²) in [6, 6.07) is 8.37. The molecule has 1 saturated heterocycles. The Kier molecular flexibility index (Phi) is 5.64. The second-order valence-corrected chi connectivity index (χ2v) is 7.30. The predicted molar refractivity (Wildman–Crippen MR) is 99.8 cm³/mol. The van der Waals surface area contributed by atoms with Gasteiger partial charge in [-0.1, -0.05) is 25.0 Å². The molecular formula is C20H31N3O. The summed E-state index contributed by atoms with van der Waals surface area (Å²) < 4.78 is 5.20. The van der Waals surface area contributed by atoms with Gasteiger partial charge in [0.05, 0.1) is 7.11 Å². The molecule has 1 aliphatic carbocycles. The van der Waals surface area contributed by atoms with Crippen molar-refractivity contribution in [1.29, 1.82) is 0 Å². The molecule has 2 fully saturated rings. The molecular weight excluding hydrogens is 298 g/mol. The first-order valence-electron chi connectivity index (χ1n) is 9.33. The largest absolute Gasteiger partial charge is 0.497 e. The number of methoxy groups -OCH3 is 1. The fourth-order valence-electron chi connectivity index (χ4n) is 4.27. The lowest BCUT2D eigenvalue weighted by molar-refractivity contribution is 0.309. The van der Waals surface area contributed by atoms with E-state index >= 15 is 0 Å². The van der Waals surface area contributed by atoms with E-state index < -0.39 is 0 Å². The summed E-state index contributed by atoms with van der Waals surface area (Å²) in [5.41, 5.74) is 1.96. The zero-order chi connectivity index (χ0) is 16.8. The zero-order valence-corrected chi connectivity index (χ0v) is 15.2. The third kappa shape index (κ3) is 4.03. The first kappa shape index (κ1) is 17.1. The summed E-state index contributed by atoms with van der Waals surface area (Å²) in [7, 11) is 3.62. The van der Waals surface area contributed by atoms with E-state index in [9.17, 15) is 0 Å². The summed E-state index contributed by atoms with van der Waals surface area (Å²) in [6.07, 6.45) is 9.21. The van der Waals surface area contributed by atoms with Gasteiger partial charge in [-0.05, 0) is 55.2 Å². The number of benzene rings is 1. The van der Waals surface area contributed by atoms with E-state index in [2.05, 4.69) is 27.3 Å². The van der Waals surface area contributed by atoms with Gasteiger partial charge in [-0.25, -0.2) is 0 Å². The smallest absolute Gasteiger partial charge is 0.193 e. The number of rotatable bonds is 5. The summed E-state index contributed by atoms with van der Waals surface area (Å²) in [5.74, 6) is 2.01. The van der Waals surface area contributed by atoms with Crippen LogP contribution in [-0.2, 0) is 6.42 Å². The lowest BCUT2D eigenvalue weighted by Gasteiger charge is -2.25. The Balaban J connectivity index is 1.41. The number of nitrogens with zero attached hydrogens (tertiary/aromatic N) is 2. The Labute approximate surface area is 146 Å². The van der Waals surface area contributed by atoms with Crippen molar-refractivity contribution in [1.82, 2.24) is 10.2 Å². The number of hydrogen-bond donors (Lipinski definition) is 1. The zero-order valence-electron chi connectivity index (χ0n) is 15.2. The fourth-order valence-corrected chi connectivity index (χ4v) is 4.27. The first-order valence-corrected chi connectivity index (χ1v) is 9.33. The Morgan fingerprint density at radius 2 is 1.96 bits per heavy atom. The maximum absolute atomic E-state index is 5.20. The summed E-state index contributed by atoms with van der Waals surface area (Å²) in [4.78, 5) is 6.98. The summed E-state index contributed by atoms with van der Waals surface area (Å²) >= 11 is 0. The van der Waals surface area contributed by atoms with Crippen LogP contribution in [0.5, 0.6) is 5.75 Å². The van der Waals surface area contributed by atoms with Crippen LogP contribution in [0, 0.1) is 5.41 Å². The second-order valence-electron chi connectivity index (χ2n) is 7.30. The number of nitrogens with one attached hydrogen (secondary N) is 1. The predicted octanol–water partition coefficient (Wildman–Crippen LogP) is 3.47. The van der Waals surface area contributed by atoms with Crippen molar-refractivity contribution in [3.05, 3.63) is 29.8 Å². The highest BCUT2D eigenvalue weighted by molar-refractivity contribution is 5.80. The van der Waals surface area contributed by atoms with Crippen LogP contribution in [0.3, 0.4) is 0 Å². The summed E-state index contributed by atoms with van der Waals surface area (Å²) in [5, 5.41) is 3.56. The molecule has 0 amide bonds. The monoisotopic (exact) mass is 329 g/mol. The van der Waals surface area contributed by atoms with Crippen LogP contribution < -0.4 is 10.1 Å². The van der Waals surface area contributed by atoms with E-state index in [-0.39, 0.29) is 0 Å². The molecule has 1 aromatic carbocycles. The minimum Gasteiger partial charge on any atom is -0.497 e. The van der Waals surface area contributed by atoms with Gasteiger partial charge in [0.25, 0.3) is 0 Å². The van der Waals surface area contributed by atoms with E-state index in [1.807, 2.05) is 19.2 Å². The van der Waals surface area contributed by atoms with Gasteiger partial charge < -0.3 is 15.0 Å². The molecule has 0 aromatic heterocycles. The van der Waals surface area contributed by atoms with E-state index in [1.165, 1.54) is 44.2 Å². The molecule has 0 unspecified atom stereocenters. The van der Waals surface area contributed by atoms with Gasteiger partial charge in [0.2, 0.25) is 0 Å². The molecule has 3 rings (SSSR count). The molecule has 24 heavy (non-hydrogen) atoms. The van der Waals surface area contributed by atoms with Gasteiger partial charge in [0.1, 0.15) is 5.75 Å². The molecule has 0 radical (unpaired) electrons. The molecule has 2 aliphatic rings. The Bertz CT molecular complexity index is 547. The fraction of sp³-hybridized carbons (Fsp3) is 0.650. The highest BCUT2D eigenvalue weighted by Crippen LogP contribution is 2.45. The SMILES string of the molecule is CN=C(NCCCc1ccc(OC)cc1)N1CCC2(CCCC2)C1. The number of ether oxygens (including phenoxy) is 1. The normalized spacial score (nSPS) is 19.9. The van der Waals surface area contributed by atoms with Crippen LogP contribution in [0.2, 0.25) is 0 Å². The van der Waals surface area contributed by atoms with Crippen molar-refractivity contribution in [2.24, 2.45) is 10.4 Å². The van der Waals surface area contributed by atoms with Gasteiger partial charge in [-0.3, -0.25) is 4.99 Å². The van der Waals surface area contributed by atoms with Gasteiger partial charge in [0, 0.05) is 26.7 Å². The average molecular weight is 329 g/mol. The molecule has 0 bridgehead atoms. The lowest BCUT2D eigenvalue weighted by Crippen LogP contribution is -2.41. The third-order valence-corrected chi connectivity index (χ3v) is 5.70. The van der Waals surface area contributed by atoms with Gasteiger partial charge in [-0.2, -0.15) is 0 Å². The van der Waals surface area contributed by atoms with Crippen LogP contribution >= 0.6 is 0 Å². The minimum absolute atomic E-state index is 0.598. The molecule has 1 aliphatic heterocycles. The van der Waals surface area contributed by atoms with Crippen molar-refractivity contribution < 1.29 is 4.74 Å². The van der Waals surface area contributed by atoms with Crippen molar-refractivity contribution in [3.63, 3.8) is 0 Å². The van der Waals surface area contributed by atoms with Crippen LogP contribution in [0.25, 0.3) is 0 Å². The quantitative estimate of drug-likeness (QED) is 0.510. The van der Waals surface area contributed by atoms with Crippen LogP contribution in [0.4, 0.5) is 0 Å². The number of guanidine groups is 1. The van der Waals surface area contributed by atoms with Crippen molar-refractivity contribution in [3.8, 4) is 5.75 Å². The van der Waals surface area contributed by atoms with Crippen LogP contribution in [0.15, 0.2) is 29.3 Å². The number of likely N-dealkylation sites (tertiary alicyclic amines) is 1. The molecule has 4 heteroatoms. The number of aliphatic imine (C=N–C) groups is 1. The molecule has 1 N–H and O–H groups in total. The summed E-state index contributed by atoms with van der Waals surface area (Å²) in [6.45, 7) is 3.34. The average Bonchev–Trinajstić information content (AvgIpc) is 3.26. The number of hydrogen-bond acceptors (Lipinski definition) is 2.